The number of aliphatic carboxylic acids is 1. The maximum atomic E-state index is 12.0. The molecule has 24 heavy (non-hydrogen) atoms. The summed E-state index contributed by atoms with van der Waals surface area (Å²) < 4.78 is 5.36. The summed E-state index contributed by atoms with van der Waals surface area (Å²) in [5, 5.41) is 24.2. The van der Waals surface area contributed by atoms with E-state index in [1.165, 1.54) is 0 Å². The number of amides is 1. The highest BCUT2D eigenvalue weighted by Gasteiger charge is 2.26. The lowest BCUT2D eigenvalue weighted by Gasteiger charge is -2.33. The number of carbonyl (C=O) groups excluding carboxylic acids is 1. The molecule has 2 aliphatic heterocycles. The third-order valence-corrected chi connectivity index (χ3v) is 4.06. The number of carbonyl (C=O) groups is 2. The first kappa shape index (κ1) is 16.1. The van der Waals surface area contributed by atoms with Crippen molar-refractivity contribution in [1.29, 1.82) is 0 Å². The van der Waals surface area contributed by atoms with Gasteiger partial charge in [-0.25, -0.2) is 0 Å². The molecule has 1 fully saturated rings. The van der Waals surface area contributed by atoms with E-state index >= 15 is 0 Å². The highest BCUT2D eigenvalue weighted by molar-refractivity contribution is 6.01. The lowest BCUT2D eigenvalue weighted by Crippen LogP contribution is -2.39. The number of carboxylic acids is 1. The van der Waals surface area contributed by atoms with Crippen molar-refractivity contribution in [3.8, 4) is 0 Å². The van der Waals surface area contributed by atoms with E-state index in [1.54, 1.807) is 6.07 Å². The Morgan fingerprint density at radius 1 is 1.29 bits per heavy atom. The summed E-state index contributed by atoms with van der Waals surface area (Å²) in [6.07, 6.45) is 0. The van der Waals surface area contributed by atoms with Crippen LogP contribution in [0, 0.1) is 0 Å². The van der Waals surface area contributed by atoms with Crippen LogP contribution in [0.2, 0.25) is 0 Å². The molecule has 0 unspecified atom stereocenters. The van der Waals surface area contributed by atoms with Gasteiger partial charge in [0.25, 0.3) is 5.91 Å². The van der Waals surface area contributed by atoms with Crippen LogP contribution in [0.25, 0.3) is 5.76 Å². The summed E-state index contributed by atoms with van der Waals surface area (Å²) in [5.41, 5.74) is 2.48. The standard InChI is InChI=1S/C16H19N3O5/c20-13(21)9-18-16(23)14-15(22)10-2-1-3-12(11(10)8-17-14)19-4-6-24-7-5-19/h1-3,17,22H,4-9H2,(H,18,23)(H,20,21). The lowest BCUT2D eigenvalue weighted by molar-refractivity contribution is -0.137. The lowest BCUT2D eigenvalue weighted by atomic mass is 9.98. The van der Waals surface area contributed by atoms with Gasteiger partial charge in [-0.1, -0.05) is 12.1 Å². The quantitative estimate of drug-likeness (QED) is 0.616. The minimum Gasteiger partial charge on any atom is -0.505 e. The van der Waals surface area contributed by atoms with Gasteiger partial charge in [-0.2, -0.15) is 0 Å². The Labute approximate surface area is 138 Å². The van der Waals surface area contributed by atoms with E-state index in [9.17, 15) is 14.7 Å². The fraction of sp³-hybridized carbons (Fsp3) is 0.375. The zero-order valence-electron chi connectivity index (χ0n) is 13.0. The van der Waals surface area contributed by atoms with Crippen molar-refractivity contribution in [2.75, 3.05) is 37.7 Å². The minimum atomic E-state index is -1.14. The fourth-order valence-electron chi connectivity index (χ4n) is 2.91. The average molecular weight is 333 g/mol. The first-order valence-corrected chi connectivity index (χ1v) is 7.70. The molecular weight excluding hydrogens is 314 g/mol. The van der Waals surface area contributed by atoms with Crippen LogP contribution in [0.4, 0.5) is 5.69 Å². The largest absolute Gasteiger partial charge is 0.505 e. The van der Waals surface area contributed by atoms with Crippen LogP contribution >= 0.6 is 0 Å². The van der Waals surface area contributed by atoms with Crippen LogP contribution < -0.4 is 15.5 Å². The number of benzene rings is 1. The Bertz CT molecular complexity index is 695. The Morgan fingerprint density at radius 2 is 2.04 bits per heavy atom. The van der Waals surface area contributed by atoms with E-state index in [2.05, 4.69) is 15.5 Å². The average Bonchev–Trinajstić information content (AvgIpc) is 2.60. The number of carboxylic acid groups (broad SMARTS) is 1. The van der Waals surface area contributed by atoms with E-state index in [0.717, 1.165) is 24.3 Å². The monoisotopic (exact) mass is 333 g/mol. The number of morpholine rings is 1. The highest BCUT2D eigenvalue weighted by Crippen LogP contribution is 2.32. The van der Waals surface area contributed by atoms with E-state index in [-0.39, 0.29) is 11.5 Å². The van der Waals surface area contributed by atoms with Crippen molar-refractivity contribution >= 4 is 23.3 Å². The zero-order valence-corrected chi connectivity index (χ0v) is 13.0. The first-order chi connectivity index (χ1) is 11.6. The molecule has 8 nitrogen and oxygen atoms in total. The second-order valence-electron chi connectivity index (χ2n) is 5.56. The van der Waals surface area contributed by atoms with E-state index in [0.29, 0.717) is 25.3 Å². The second-order valence-corrected chi connectivity index (χ2v) is 5.56. The summed E-state index contributed by atoms with van der Waals surface area (Å²) in [6, 6.07) is 5.56. The molecule has 2 aliphatic rings. The number of aliphatic hydroxyl groups excluding tert-OH is 1. The van der Waals surface area contributed by atoms with Crippen LogP contribution in [-0.4, -0.2) is 54.9 Å². The summed E-state index contributed by atoms with van der Waals surface area (Å²) in [6.45, 7) is 2.73. The molecule has 8 heteroatoms. The van der Waals surface area contributed by atoms with Crippen molar-refractivity contribution < 1.29 is 24.5 Å². The van der Waals surface area contributed by atoms with Crippen molar-refractivity contribution in [3.05, 3.63) is 35.0 Å². The first-order valence-electron chi connectivity index (χ1n) is 7.70. The van der Waals surface area contributed by atoms with Crippen molar-refractivity contribution in [3.63, 3.8) is 0 Å². The fourth-order valence-corrected chi connectivity index (χ4v) is 2.91. The number of ether oxygens (including phenoxy) is 1. The van der Waals surface area contributed by atoms with Gasteiger partial charge in [0, 0.05) is 36.4 Å². The number of anilines is 1. The molecule has 1 saturated heterocycles. The molecule has 0 saturated carbocycles. The van der Waals surface area contributed by atoms with Crippen LogP contribution in [0.15, 0.2) is 23.9 Å². The zero-order chi connectivity index (χ0) is 17.1. The molecule has 1 amide bonds. The minimum absolute atomic E-state index is 0.0112. The van der Waals surface area contributed by atoms with E-state index < -0.39 is 18.4 Å². The third kappa shape index (κ3) is 3.13. The van der Waals surface area contributed by atoms with Crippen molar-refractivity contribution in [2.24, 2.45) is 0 Å². The number of rotatable bonds is 4. The molecule has 1 aromatic rings. The highest BCUT2D eigenvalue weighted by atomic mass is 16.5. The van der Waals surface area contributed by atoms with Gasteiger partial charge >= 0.3 is 5.97 Å². The van der Waals surface area contributed by atoms with Crippen LogP contribution in [-0.2, 0) is 20.9 Å². The van der Waals surface area contributed by atoms with Gasteiger partial charge in [0.05, 0.1) is 13.2 Å². The topological polar surface area (TPSA) is 111 Å². The SMILES string of the molecule is O=C(O)CNC(=O)C1=C(O)c2cccc(N3CCOCC3)c2CN1. The van der Waals surface area contributed by atoms with Gasteiger partial charge in [0.1, 0.15) is 12.2 Å². The van der Waals surface area contributed by atoms with Gasteiger partial charge in [0.2, 0.25) is 0 Å². The Morgan fingerprint density at radius 3 is 2.75 bits per heavy atom. The molecule has 4 N–H and O–H groups in total. The normalized spacial score (nSPS) is 17.1. The molecule has 0 bridgehead atoms. The summed E-state index contributed by atoms with van der Waals surface area (Å²) in [7, 11) is 0. The molecule has 0 spiro atoms. The van der Waals surface area contributed by atoms with Gasteiger partial charge in [-0.3, -0.25) is 9.59 Å². The molecule has 0 radical (unpaired) electrons. The number of nitrogens with zero attached hydrogens (tertiary/aromatic N) is 1. The number of fused-ring (bicyclic) bond motifs is 1. The smallest absolute Gasteiger partial charge is 0.322 e. The summed E-state index contributed by atoms with van der Waals surface area (Å²) in [5.74, 6) is -1.96. The third-order valence-electron chi connectivity index (χ3n) is 4.06. The maximum absolute atomic E-state index is 12.0. The Kier molecular flexibility index (Phi) is 4.57. The van der Waals surface area contributed by atoms with E-state index in [4.69, 9.17) is 9.84 Å². The molecule has 0 aliphatic carbocycles. The Hall–Kier alpha value is -2.74. The number of aliphatic hydroxyl groups is 1. The number of hydrogen-bond acceptors (Lipinski definition) is 6. The van der Waals surface area contributed by atoms with Crippen molar-refractivity contribution in [1.82, 2.24) is 10.6 Å². The van der Waals surface area contributed by atoms with Crippen LogP contribution in [0.1, 0.15) is 11.1 Å². The number of nitrogens with one attached hydrogen (secondary N) is 2. The second kappa shape index (κ2) is 6.79. The predicted molar refractivity (Wildman–Crippen MR) is 86.5 cm³/mol. The summed E-state index contributed by atoms with van der Waals surface area (Å²) in [4.78, 5) is 24.8. The molecule has 3 rings (SSSR count). The van der Waals surface area contributed by atoms with E-state index in [1.807, 2.05) is 12.1 Å². The number of hydrogen-bond donors (Lipinski definition) is 4. The molecule has 2 heterocycles. The van der Waals surface area contributed by atoms with Crippen LogP contribution in [0.5, 0.6) is 0 Å². The molecule has 1 aromatic carbocycles. The molecule has 0 aromatic heterocycles. The molecule has 128 valence electrons. The maximum Gasteiger partial charge on any atom is 0.322 e. The summed E-state index contributed by atoms with van der Waals surface area (Å²) >= 11 is 0. The van der Waals surface area contributed by atoms with Crippen molar-refractivity contribution in [2.45, 2.75) is 6.54 Å². The molecule has 0 atom stereocenters. The predicted octanol–water partition coefficient (Wildman–Crippen LogP) is 0.0538. The van der Waals surface area contributed by atoms with Crippen LogP contribution in [0.3, 0.4) is 0 Å². The van der Waals surface area contributed by atoms with Gasteiger partial charge in [-0.05, 0) is 6.07 Å². The van der Waals surface area contributed by atoms with Gasteiger partial charge in [0.15, 0.2) is 5.76 Å². The van der Waals surface area contributed by atoms with Gasteiger partial charge < -0.3 is 30.5 Å². The Balaban J connectivity index is 1.89. The molecular formula is C16H19N3O5. The van der Waals surface area contributed by atoms with Gasteiger partial charge in [-0.15, -0.1) is 0 Å².